The maximum atomic E-state index is 11.6. The number of nitrogens with one attached hydrogen (secondary N) is 1. The molecule has 72 valence electrons. The average Bonchev–Trinajstić information content (AvgIpc) is 2.02. The maximum absolute atomic E-state index is 11.6. The van der Waals surface area contributed by atoms with Gasteiger partial charge in [-0.15, -0.1) is 0 Å². The van der Waals surface area contributed by atoms with Crippen molar-refractivity contribution in [3.8, 4) is 5.88 Å². The van der Waals surface area contributed by atoms with Gasteiger partial charge in [-0.25, -0.2) is 4.98 Å². The lowest BCUT2D eigenvalue weighted by atomic mass is 10.7. The largest absolute Gasteiger partial charge is 0.467 e. The second-order valence-corrected chi connectivity index (χ2v) is 2.15. The Morgan fingerprint density at radius 3 is 2.69 bits per heavy atom. The van der Waals surface area contributed by atoms with Crippen LogP contribution in [0.25, 0.3) is 0 Å². The summed E-state index contributed by atoms with van der Waals surface area (Å²) in [5.41, 5.74) is -0.501. The van der Waals surface area contributed by atoms with E-state index < -0.39 is 18.3 Å². The van der Waals surface area contributed by atoms with Crippen LogP contribution in [-0.2, 0) is 0 Å². The van der Waals surface area contributed by atoms with Crippen molar-refractivity contribution in [3.05, 3.63) is 22.7 Å². The molecule has 0 aliphatic rings. The maximum Gasteiger partial charge on any atom is 0.422 e. The molecule has 0 unspecified atom stereocenters. The third-order valence-corrected chi connectivity index (χ3v) is 1.03. The lowest BCUT2D eigenvalue weighted by Crippen LogP contribution is -2.20. The van der Waals surface area contributed by atoms with Crippen LogP contribution in [0.3, 0.4) is 0 Å². The molecule has 0 atom stereocenters. The van der Waals surface area contributed by atoms with Crippen molar-refractivity contribution in [2.45, 2.75) is 6.18 Å². The van der Waals surface area contributed by atoms with Gasteiger partial charge in [0, 0.05) is 0 Å². The highest BCUT2D eigenvalue weighted by molar-refractivity contribution is 5.01. The Balaban J connectivity index is 2.56. The lowest BCUT2D eigenvalue weighted by molar-refractivity contribution is -0.154. The highest BCUT2D eigenvalue weighted by Crippen LogP contribution is 2.15. The van der Waals surface area contributed by atoms with Crippen LogP contribution in [0.2, 0.25) is 0 Å². The number of nitrogens with zero attached hydrogens (tertiary/aromatic N) is 1. The topological polar surface area (TPSA) is 55.0 Å². The molecule has 0 aromatic carbocycles. The van der Waals surface area contributed by atoms with Crippen LogP contribution < -0.4 is 10.3 Å². The smallest absolute Gasteiger partial charge is 0.422 e. The molecule has 0 saturated carbocycles. The number of ether oxygens (including phenoxy) is 1. The van der Waals surface area contributed by atoms with E-state index in [-0.39, 0.29) is 5.88 Å². The summed E-state index contributed by atoms with van der Waals surface area (Å²) in [4.78, 5) is 15.9. The summed E-state index contributed by atoms with van der Waals surface area (Å²) in [6, 6.07) is 0. The molecule has 13 heavy (non-hydrogen) atoms. The summed E-state index contributed by atoms with van der Waals surface area (Å²) >= 11 is 0. The van der Waals surface area contributed by atoms with Crippen LogP contribution in [0.15, 0.2) is 17.2 Å². The number of H-pyrrole nitrogens is 1. The van der Waals surface area contributed by atoms with Gasteiger partial charge in [0.2, 0.25) is 5.88 Å². The van der Waals surface area contributed by atoms with Crippen LogP contribution in [0.5, 0.6) is 5.88 Å². The first-order valence-corrected chi connectivity index (χ1v) is 3.22. The van der Waals surface area contributed by atoms with Gasteiger partial charge in [-0.3, -0.25) is 4.79 Å². The third-order valence-electron chi connectivity index (χ3n) is 1.03. The summed E-state index contributed by atoms with van der Waals surface area (Å²) in [7, 11) is 0. The first-order valence-electron chi connectivity index (χ1n) is 3.22. The summed E-state index contributed by atoms with van der Waals surface area (Å²) in [6.07, 6.45) is -2.60. The highest BCUT2D eigenvalue weighted by atomic mass is 19.4. The first kappa shape index (κ1) is 9.56. The fraction of sp³-hybridized carbons (Fsp3) is 0.333. The summed E-state index contributed by atoms with van der Waals surface area (Å²) < 4.78 is 39.0. The number of aromatic nitrogens is 2. The Morgan fingerprint density at radius 2 is 2.23 bits per heavy atom. The predicted octanol–water partition coefficient (Wildman–Crippen LogP) is 0.711. The molecule has 0 saturated heterocycles. The van der Waals surface area contributed by atoms with Crippen molar-refractivity contribution in [1.29, 1.82) is 0 Å². The molecule has 1 heterocycles. The zero-order valence-electron chi connectivity index (χ0n) is 6.26. The first-order chi connectivity index (χ1) is 5.97. The second kappa shape index (κ2) is 3.46. The summed E-state index contributed by atoms with van der Waals surface area (Å²) in [5.74, 6) is -0.267. The Bertz CT molecular complexity index is 313. The monoisotopic (exact) mass is 194 g/mol. The summed E-state index contributed by atoms with van der Waals surface area (Å²) in [5, 5.41) is 0. The van der Waals surface area contributed by atoms with Crippen molar-refractivity contribution in [2.24, 2.45) is 0 Å². The molecule has 0 aliphatic carbocycles. The van der Waals surface area contributed by atoms with E-state index >= 15 is 0 Å². The van der Waals surface area contributed by atoms with Crippen LogP contribution in [0.1, 0.15) is 0 Å². The van der Waals surface area contributed by atoms with Gasteiger partial charge < -0.3 is 9.72 Å². The lowest BCUT2D eigenvalue weighted by Gasteiger charge is -2.06. The van der Waals surface area contributed by atoms with E-state index in [2.05, 4.69) is 14.7 Å². The van der Waals surface area contributed by atoms with Gasteiger partial charge in [0.15, 0.2) is 6.61 Å². The minimum atomic E-state index is -4.40. The molecule has 0 amide bonds. The molecule has 1 N–H and O–H groups in total. The Labute approximate surface area is 70.4 Å². The molecule has 0 bridgehead atoms. The van der Waals surface area contributed by atoms with E-state index in [0.717, 1.165) is 12.4 Å². The number of hydrogen-bond acceptors (Lipinski definition) is 3. The third kappa shape index (κ3) is 3.59. The number of rotatable bonds is 2. The second-order valence-electron chi connectivity index (χ2n) is 2.15. The molecular weight excluding hydrogens is 189 g/mol. The zero-order chi connectivity index (χ0) is 9.90. The molecule has 1 aromatic rings. The standard InChI is InChI=1S/C6H5F3N2O2/c7-6(8,9)3-13-5-2-10-4(12)1-11-5/h1-2H,3H2,(H,10,12). The molecule has 0 fully saturated rings. The van der Waals surface area contributed by atoms with Gasteiger partial charge >= 0.3 is 6.18 Å². The fourth-order valence-electron chi connectivity index (χ4n) is 0.564. The van der Waals surface area contributed by atoms with Crippen LogP contribution in [0, 0.1) is 0 Å². The van der Waals surface area contributed by atoms with E-state index in [1.54, 1.807) is 0 Å². The van der Waals surface area contributed by atoms with Gasteiger partial charge in [0.05, 0.1) is 12.4 Å². The Kier molecular flexibility index (Phi) is 2.54. The molecule has 0 aliphatic heterocycles. The molecule has 0 spiro atoms. The number of alkyl halides is 3. The van der Waals surface area contributed by atoms with Gasteiger partial charge in [-0.1, -0.05) is 0 Å². The van der Waals surface area contributed by atoms with E-state index in [4.69, 9.17) is 0 Å². The summed E-state index contributed by atoms with van der Waals surface area (Å²) in [6.45, 7) is -1.42. The Hall–Kier alpha value is -1.53. The number of halogens is 3. The molecule has 7 heteroatoms. The van der Waals surface area contributed by atoms with Crippen LogP contribution >= 0.6 is 0 Å². The van der Waals surface area contributed by atoms with E-state index in [1.807, 2.05) is 0 Å². The minimum absolute atomic E-state index is 0.267. The quantitative estimate of drug-likeness (QED) is 0.754. The minimum Gasteiger partial charge on any atom is -0.467 e. The highest BCUT2D eigenvalue weighted by Gasteiger charge is 2.28. The number of hydrogen-bond donors (Lipinski definition) is 1. The SMILES string of the molecule is O=c1cnc(OCC(F)(F)F)c[nH]1. The van der Waals surface area contributed by atoms with Crippen LogP contribution in [0.4, 0.5) is 13.2 Å². The molecule has 1 rings (SSSR count). The van der Waals surface area contributed by atoms with Crippen molar-refractivity contribution in [1.82, 2.24) is 9.97 Å². The normalized spacial score (nSPS) is 11.3. The van der Waals surface area contributed by atoms with Crippen molar-refractivity contribution < 1.29 is 17.9 Å². The van der Waals surface area contributed by atoms with Crippen molar-refractivity contribution in [2.75, 3.05) is 6.61 Å². The van der Waals surface area contributed by atoms with E-state index in [1.165, 1.54) is 0 Å². The van der Waals surface area contributed by atoms with Crippen LogP contribution in [-0.4, -0.2) is 22.8 Å². The predicted molar refractivity (Wildman–Crippen MR) is 36.4 cm³/mol. The Morgan fingerprint density at radius 1 is 1.54 bits per heavy atom. The molecule has 0 radical (unpaired) electrons. The zero-order valence-corrected chi connectivity index (χ0v) is 6.26. The fourth-order valence-corrected chi connectivity index (χ4v) is 0.564. The molecule has 4 nitrogen and oxygen atoms in total. The van der Waals surface area contributed by atoms with Crippen molar-refractivity contribution >= 4 is 0 Å². The van der Waals surface area contributed by atoms with Gasteiger partial charge in [0.25, 0.3) is 5.56 Å². The van der Waals surface area contributed by atoms with Gasteiger partial charge in [-0.05, 0) is 0 Å². The average molecular weight is 194 g/mol. The molecular formula is C6H5F3N2O2. The van der Waals surface area contributed by atoms with Gasteiger partial charge in [-0.2, -0.15) is 13.2 Å². The van der Waals surface area contributed by atoms with Gasteiger partial charge in [0.1, 0.15) is 0 Å². The number of aromatic amines is 1. The molecule has 1 aromatic heterocycles. The van der Waals surface area contributed by atoms with Crippen molar-refractivity contribution in [3.63, 3.8) is 0 Å². The van der Waals surface area contributed by atoms with E-state index in [9.17, 15) is 18.0 Å². The van der Waals surface area contributed by atoms with E-state index in [0.29, 0.717) is 0 Å².